The molecule has 5 rings (SSSR count). The number of aryl methyl sites for hydroxylation is 2. The van der Waals surface area contributed by atoms with Crippen molar-refractivity contribution in [3.63, 3.8) is 0 Å². The molecule has 7 heteroatoms. The van der Waals surface area contributed by atoms with Crippen molar-refractivity contribution in [3.8, 4) is 0 Å². The maximum Gasteiger partial charge on any atom is 0.251 e. The highest BCUT2D eigenvalue weighted by Crippen LogP contribution is 2.36. The Balaban J connectivity index is 1.53. The van der Waals surface area contributed by atoms with E-state index in [9.17, 15) is 4.79 Å². The molecule has 0 saturated heterocycles. The van der Waals surface area contributed by atoms with Crippen LogP contribution >= 0.6 is 0 Å². The van der Waals surface area contributed by atoms with Crippen molar-refractivity contribution in [2.24, 2.45) is 0 Å². The SMILES string of the molecule is Cc1ccc(C2=CC(c3ccc(C)cc3)n3nnnc3N2CC(=O)NC2CCCC2)cc1. The molecule has 2 aliphatic rings. The maximum atomic E-state index is 13.0. The zero-order valence-corrected chi connectivity index (χ0v) is 18.5. The van der Waals surface area contributed by atoms with Crippen molar-refractivity contribution in [3.05, 3.63) is 76.9 Å². The number of amides is 1. The van der Waals surface area contributed by atoms with E-state index in [1.165, 1.54) is 24.0 Å². The van der Waals surface area contributed by atoms with Crippen molar-refractivity contribution in [2.75, 3.05) is 11.4 Å². The summed E-state index contributed by atoms with van der Waals surface area (Å²) < 4.78 is 1.80. The van der Waals surface area contributed by atoms with Gasteiger partial charge in [-0.25, -0.2) is 0 Å². The number of hydrogen-bond donors (Lipinski definition) is 1. The molecule has 7 nitrogen and oxygen atoms in total. The van der Waals surface area contributed by atoms with Gasteiger partial charge in [0.1, 0.15) is 12.6 Å². The monoisotopic (exact) mass is 428 g/mol. The molecule has 1 aromatic heterocycles. The molecule has 1 aliphatic carbocycles. The van der Waals surface area contributed by atoms with Crippen LogP contribution in [0.3, 0.4) is 0 Å². The van der Waals surface area contributed by atoms with Gasteiger partial charge in [-0.05, 0) is 54.3 Å². The number of nitrogens with zero attached hydrogens (tertiary/aromatic N) is 5. The summed E-state index contributed by atoms with van der Waals surface area (Å²) in [5, 5.41) is 15.7. The number of allylic oxidation sites excluding steroid dienone is 1. The van der Waals surface area contributed by atoms with Crippen LogP contribution in [-0.4, -0.2) is 38.7 Å². The molecule has 1 unspecified atom stereocenters. The maximum absolute atomic E-state index is 13.0. The fourth-order valence-corrected chi connectivity index (χ4v) is 4.58. The number of anilines is 1. The molecule has 1 amide bonds. The second-order valence-corrected chi connectivity index (χ2v) is 8.83. The van der Waals surface area contributed by atoms with Crippen LogP contribution in [-0.2, 0) is 4.79 Å². The largest absolute Gasteiger partial charge is 0.352 e. The lowest BCUT2D eigenvalue weighted by Gasteiger charge is -2.32. The third kappa shape index (κ3) is 4.02. The molecule has 3 aromatic rings. The van der Waals surface area contributed by atoms with E-state index in [0.717, 1.165) is 29.7 Å². The van der Waals surface area contributed by atoms with Crippen LogP contribution < -0.4 is 10.2 Å². The zero-order valence-electron chi connectivity index (χ0n) is 18.5. The van der Waals surface area contributed by atoms with Gasteiger partial charge < -0.3 is 5.32 Å². The molecule has 32 heavy (non-hydrogen) atoms. The summed E-state index contributed by atoms with van der Waals surface area (Å²) in [6.07, 6.45) is 6.63. The highest BCUT2D eigenvalue weighted by Gasteiger charge is 2.32. The highest BCUT2D eigenvalue weighted by molar-refractivity contribution is 5.89. The summed E-state index contributed by atoms with van der Waals surface area (Å²) in [5.74, 6) is 0.577. The standard InChI is InChI=1S/C25H28N6O/c1-17-7-11-19(12-8-17)22-15-23(20-13-9-18(2)10-14-20)31-25(27-28-29-31)30(22)16-24(32)26-21-5-3-4-6-21/h7-15,21,23H,3-6,16H2,1-2H3,(H,26,32). The van der Waals surface area contributed by atoms with Crippen LogP contribution in [0.15, 0.2) is 54.6 Å². The second-order valence-electron chi connectivity index (χ2n) is 8.83. The summed E-state index contributed by atoms with van der Waals surface area (Å²) in [6.45, 7) is 4.32. The first kappa shape index (κ1) is 20.4. The molecule has 1 aliphatic heterocycles. The van der Waals surface area contributed by atoms with E-state index < -0.39 is 0 Å². The topological polar surface area (TPSA) is 75.9 Å². The quantitative estimate of drug-likeness (QED) is 0.669. The first-order valence-electron chi connectivity index (χ1n) is 11.3. The van der Waals surface area contributed by atoms with E-state index in [1.807, 2.05) is 4.90 Å². The summed E-state index contributed by atoms with van der Waals surface area (Å²) in [4.78, 5) is 14.9. The minimum absolute atomic E-state index is 0.00162. The van der Waals surface area contributed by atoms with Gasteiger partial charge in [-0.1, -0.05) is 77.6 Å². The average Bonchev–Trinajstić information content (AvgIpc) is 3.48. The molecule has 0 bridgehead atoms. The molecular formula is C25H28N6O. The number of tetrazole rings is 1. The first-order valence-corrected chi connectivity index (χ1v) is 11.3. The van der Waals surface area contributed by atoms with E-state index in [-0.39, 0.29) is 24.5 Å². The zero-order chi connectivity index (χ0) is 22.1. The molecule has 0 spiro atoms. The molecule has 1 N–H and O–H groups in total. The van der Waals surface area contributed by atoms with Crippen molar-refractivity contribution in [1.29, 1.82) is 0 Å². The molecule has 1 saturated carbocycles. The summed E-state index contributed by atoms with van der Waals surface area (Å²) in [7, 11) is 0. The van der Waals surface area contributed by atoms with Crippen LogP contribution in [0.4, 0.5) is 5.95 Å². The van der Waals surface area contributed by atoms with Crippen LogP contribution in [0.5, 0.6) is 0 Å². The van der Waals surface area contributed by atoms with E-state index in [4.69, 9.17) is 0 Å². The number of benzene rings is 2. The van der Waals surface area contributed by atoms with Crippen LogP contribution in [0.2, 0.25) is 0 Å². The van der Waals surface area contributed by atoms with Gasteiger partial charge >= 0.3 is 0 Å². The molecule has 2 heterocycles. The van der Waals surface area contributed by atoms with Crippen molar-refractivity contribution < 1.29 is 4.79 Å². The molecule has 1 fully saturated rings. The predicted octanol–water partition coefficient (Wildman–Crippen LogP) is 3.80. The Morgan fingerprint density at radius 3 is 2.34 bits per heavy atom. The van der Waals surface area contributed by atoms with Gasteiger partial charge in [-0.3, -0.25) is 9.69 Å². The average molecular weight is 429 g/mol. The summed E-state index contributed by atoms with van der Waals surface area (Å²) in [5.41, 5.74) is 5.48. The minimum Gasteiger partial charge on any atom is -0.352 e. The lowest BCUT2D eigenvalue weighted by atomic mass is 9.99. The van der Waals surface area contributed by atoms with Gasteiger partial charge in [0.05, 0.1) is 5.70 Å². The smallest absolute Gasteiger partial charge is 0.251 e. The van der Waals surface area contributed by atoms with Gasteiger partial charge in [0, 0.05) is 6.04 Å². The Kier molecular flexibility index (Phi) is 5.47. The fourth-order valence-electron chi connectivity index (χ4n) is 4.58. The molecule has 2 aromatic carbocycles. The fraction of sp³-hybridized carbons (Fsp3) is 0.360. The predicted molar refractivity (Wildman–Crippen MR) is 124 cm³/mol. The van der Waals surface area contributed by atoms with Gasteiger partial charge in [0.25, 0.3) is 5.95 Å². The highest BCUT2D eigenvalue weighted by atomic mass is 16.2. The lowest BCUT2D eigenvalue weighted by Crippen LogP contribution is -2.43. The van der Waals surface area contributed by atoms with Crippen molar-refractivity contribution in [1.82, 2.24) is 25.5 Å². The number of aromatic nitrogens is 4. The van der Waals surface area contributed by atoms with Gasteiger partial charge in [-0.2, -0.15) is 4.68 Å². The number of carbonyl (C=O) groups excluding carboxylic acids is 1. The number of fused-ring (bicyclic) bond motifs is 1. The third-order valence-electron chi connectivity index (χ3n) is 6.38. The Hall–Kier alpha value is -3.48. The Morgan fingerprint density at radius 2 is 1.66 bits per heavy atom. The summed E-state index contributed by atoms with van der Waals surface area (Å²) in [6, 6.07) is 16.9. The van der Waals surface area contributed by atoms with Gasteiger partial charge in [-0.15, -0.1) is 0 Å². The molecule has 1 atom stereocenters. The number of rotatable bonds is 5. The Bertz CT molecular complexity index is 1130. The molecular weight excluding hydrogens is 400 g/mol. The van der Waals surface area contributed by atoms with Crippen molar-refractivity contribution >= 4 is 17.6 Å². The lowest BCUT2D eigenvalue weighted by molar-refractivity contribution is -0.120. The van der Waals surface area contributed by atoms with Crippen LogP contribution in [0, 0.1) is 13.8 Å². The van der Waals surface area contributed by atoms with Gasteiger partial charge in [0.2, 0.25) is 5.91 Å². The van der Waals surface area contributed by atoms with Gasteiger partial charge in [0.15, 0.2) is 0 Å². The van der Waals surface area contributed by atoms with Crippen molar-refractivity contribution in [2.45, 2.75) is 51.6 Å². The number of carbonyl (C=O) groups is 1. The third-order valence-corrected chi connectivity index (χ3v) is 6.38. The van der Waals surface area contributed by atoms with E-state index in [2.05, 4.69) is 89.3 Å². The number of hydrogen-bond acceptors (Lipinski definition) is 5. The number of nitrogens with one attached hydrogen (secondary N) is 1. The minimum atomic E-state index is -0.147. The molecule has 164 valence electrons. The molecule has 0 radical (unpaired) electrons. The second kappa shape index (κ2) is 8.57. The van der Waals surface area contributed by atoms with E-state index in [1.54, 1.807) is 4.68 Å². The normalized spacial score (nSPS) is 18.4. The Labute approximate surface area is 188 Å². The van der Waals surface area contributed by atoms with E-state index >= 15 is 0 Å². The Morgan fingerprint density at radius 1 is 1.00 bits per heavy atom. The van der Waals surface area contributed by atoms with E-state index in [0.29, 0.717) is 5.95 Å². The first-order chi connectivity index (χ1) is 15.6. The summed E-state index contributed by atoms with van der Waals surface area (Å²) >= 11 is 0. The van der Waals surface area contributed by atoms with Crippen LogP contribution in [0.25, 0.3) is 5.70 Å². The van der Waals surface area contributed by atoms with Crippen LogP contribution in [0.1, 0.15) is 54.0 Å².